The van der Waals surface area contributed by atoms with Gasteiger partial charge in [-0.15, -0.1) is 0 Å². The second-order valence-electron chi connectivity index (χ2n) is 9.06. The van der Waals surface area contributed by atoms with Gasteiger partial charge in [-0.2, -0.15) is 18.3 Å². The molecule has 6 heterocycles. The van der Waals surface area contributed by atoms with Gasteiger partial charge in [0, 0.05) is 31.6 Å². The van der Waals surface area contributed by atoms with Crippen molar-refractivity contribution < 1.29 is 31.5 Å². The Morgan fingerprint density at radius 1 is 1.17 bits per heavy atom. The van der Waals surface area contributed by atoms with Gasteiger partial charge < -0.3 is 9.64 Å². The molecule has 2 aromatic heterocycles. The third-order valence-corrected chi connectivity index (χ3v) is 6.65. The fourth-order valence-corrected chi connectivity index (χ4v) is 5.15. The standard InChI is InChI=1S/C22H19F5N6O2/c23-11-3-15(24)20-29-6-18(32(20)7-11)19-14-5-28-16(4-17(14)33(30-19)10-22(25,26)27)21(34)31-8-12-1-2-13(9-31)35-12/h3-7,12-14,17H,1-2,8-10H2. The maximum Gasteiger partial charge on any atom is 0.407 e. The number of likely N-dealkylation sites (tertiary alicyclic amines) is 1. The molecule has 35 heavy (non-hydrogen) atoms. The third-order valence-electron chi connectivity index (χ3n) is 6.65. The molecule has 184 valence electrons. The average molecular weight is 494 g/mol. The molecule has 2 bridgehead atoms. The quantitative estimate of drug-likeness (QED) is 0.615. The van der Waals surface area contributed by atoms with Gasteiger partial charge in [0.2, 0.25) is 0 Å². The van der Waals surface area contributed by atoms with Crippen molar-refractivity contribution in [1.29, 1.82) is 0 Å². The number of hydrogen-bond donors (Lipinski definition) is 0. The second-order valence-corrected chi connectivity index (χ2v) is 9.06. The Bertz CT molecular complexity index is 1290. The summed E-state index contributed by atoms with van der Waals surface area (Å²) in [5.74, 6) is -2.94. The highest BCUT2D eigenvalue weighted by atomic mass is 19.4. The van der Waals surface area contributed by atoms with Gasteiger partial charge in [-0.3, -0.25) is 19.2 Å². The van der Waals surface area contributed by atoms with E-state index in [0.717, 1.165) is 28.4 Å². The summed E-state index contributed by atoms with van der Waals surface area (Å²) in [7, 11) is 0. The Hall–Kier alpha value is -3.35. The highest BCUT2D eigenvalue weighted by Crippen LogP contribution is 2.34. The molecule has 13 heteroatoms. The zero-order valence-electron chi connectivity index (χ0n) is 18.1. The van der Waals surface area contributed by atoms with Crippen molar-refractivity contribution >= 4 is 23.5 Å². The molecule has 0 radical (unpaired) electrons. The molecule has 2 aromatic rings. The van der Waals surface area contributed by atoms with E-state index in [1.54, 1.807) is 4.90 Å². The molecule has 4 aliphatic rings. The number of morpholine rings is 1. The summed E-state index contributed by atoms with van der Waals surface area (Å²) in [5, 5.41) is 4.98. The van der Waals surface area contributed by atoms with E-state index in [2.05, 4.69) is 15.1 Å². The molecule has 8 nitrogen and oxygen atoms in total. The summed E-state index contributed by atoms with van der Waals surface area (Å²) in [6.07, 6.45) is 2.03. The van der Waals surface area contributed by atoms with Crippen molar-refractivity contribution in [2.75, 3.05) is 19.6 Å². The molecule has 6 rings (SSSR count). The van der Waals surface area contributed by atoms with Crippen LogP contribution in [0, 0.1) is 17.6 Å². The first kappa shape index (κ1) is 22.1. The Morgan fingerprint density at radius 2 is 1.91 bits per heavy atom. The number of carbonyl (C=O) groups is 1. The number of aliphatic imine (C=N–C) groups is 1. The van der Waals surface area contributed by atoms with E-state index in [1.807, 2.05) is 0 Å². The van der Waals surface area contributed by atoms with Crippen LogP contribution in [-0.2, 0) is 9.53 Å². The van der Waals surface area contributed by atoms with Crippen LogP contribution in [0.25, 0.3) is 5.65 Å². The fourth-order valence-electron chi connectivity index (χ4n) is 5.15. The van der Waals surface area contributed by atoms with Crippen molar-refractivity contribution in [3.63, 3.8) is 0 Å². The van der Waals surface area contributed by atoms with Crippen LogP contribution in [0.15, 0.2) is 40.3 Å². The highest BCUT2D eigenvalue weighted by Gasteiger charge is 2.45. The number of rotatable bonds is 3. The number of alkyl halides is 3. The Labute approximate surface area is 195 Å². The largest absolute Gasteiger partial charge is 0.407 e. The van der Waals surface area contributed by atoms with E-state index in [1.165, 1.54) is 18.5 Å². The predicted molar refractivity (Wildman–Crippen MR) is 113 cm³/mol. The Morgan fingerprint density at radius 3 is 2.63 bits per heavy atom. The lowest BCUT2D eigenvalue weighted by molar-refractivity contribution is -0.148. The smallest absolute Gasteiger partial charge is 0.371 e. The molecular formula is C22H19F5N6O2. The predicted octanol–water partition coefficient (Wildman–Crippen LogP) is 2.54. The number of aromatic nitrogens is 2. The molecule has 0 aromatic carbocycles. The van der Waals surface area contributed by atoms with Crippen molar-refractivity contribution in [3.05, 3.63) is 47.6 Å². The summed E-state index contributed by atoms with van der Waals surface area (Å²) < 4.78 is 75.0. The van der Waals surface area contributed by atoms with Gasteiger partial charge in [0.1, 0.15) is 18.1 Å². The van der Waals surface area contributed by atoms with Crippen LogP contribution in [-0.4, -0.2) is 81.2 Å². The first-order valence-corrected chi connectivity index (χ1v) is 11.1. The van der Waals surface area contributed by atoms with Crippen molar-refractivity contribution in [1.82, 2.24) is 19.3 Å². The van der Waals surface area contributed by atoms with Crippen LogP contribution in [0.5, 0.6) is 0 Å². The molecule has 0 spiro atoms. The zero-order valence-corrected chi connectivity index (χ0v) is 18.1. The summed E-state index contributed by atoms with van der Waals surface area (Å²) in [5.41, 5.74) is 0.104. The molecule has 0 N–H and O–H groups in total. The monoisotopic (exact) mass is 494 g/mol. The molecular weight excluding hydrogens is 475 g/mol. The number of pyridine rings is 1. The Balaban J connectivity index is 1.34. The minimum Gasteiger partial charge on any atom is -0.371 e. The van der Waals surface area contributed by atoms with Gasteiger partial charge in [0.25, 0.3) is 5.91 Å². The Kier molecular flexibility index (Phi) is 4.95. The van der Waals surface area contributed by atoms with Gasteiger partial charge in [-0.25, -0.2) is 13.8 Å². The number of hydrazone groups is 1. The second kappa shape index (κ2) is 7.83. The highest BCUT2D eigenvalue weighted by molar-refractivity contribution is 6.12. The summed E-state index contributed by atoms with van der Waals surface area (Å²) in [6, 6.07) is -0.285. The summed E-state index contributed by atoms with van der Waals surface area (Å²) >= 11 is 0. The lowest BCUT2D eigenvalue weighted by Gasteiger charge is -2.33. The van der Waals surface area contributed by atoms with Crippen molar-refractivity contribution in [3.8, 4) is 0 Å². The topological polar surface area (TPSA) is 74.8 Å². The number of hydrogen-bond acceptors (Lipinski definition) is 6. The van der Waals surface area contributed by atoms with E-state index in [-0.39, 0.29) is 40.9 Å². The summed E-state index contributed by atoms with van der Waals surface area (Å²) in [6.45, 7) is -0.558. The van der Waals surface area contributed by atoms with Crippen LogP contribution < -0.4 is 0 Å². The van der Waals surface area contributed by atoms with E-state index >= 15 is 0 Å². The van der Waals surface area contributed by atoms with E-state index in [4.69, 9.17) is 4.74 Å². The SMILES string of the molecule is O=C(C1=CC2C(C=N1)C(c1cnc3c(F)cc(F)cn13)=NN2CC(F)(F)F)N1CC2CCC(C1)O2. The molecule has 0 aliphatic carbocycles. The van der Waals surface area contributed by atoms with Crippen molar-refractivity contribution in [2.24, 2.45) is 16.0 Å². The number of carbonyl (C=O) groups excluding carboxylic acids is 1. The first-order valence-electron chi connectivity index (χ1n) is 11.1. The van der Waals surface area contributed by atoms with Crippen molar-refractivity contribution in [2.45, 2.75) is 37.3 Å². The van der Waals surface area contributed by atoms with Gasteiger partial charge >= 0.3 is 6.18 Å². The molecule has 0 saturated carbocycles. The number of imidazole rings is 1. The lowest BCUT2D eigenvalue weighted by atomic mass is 9.92. The molecule has 4 unspecified atom stereocenters. The number of fused-ring (bicyclic) bond motifs is 4. The minimum atomic E-state index is -4.57. The van der Waals surface area contributed by atoms with E-state index in [0.29, 0.717) is 19.2 Å². The maximum atomic E-state index is 14.1. The van der Waals surface area contributed by atoms with Crippen LogP contribution in [0.3, 0.4) is 0 Å². The van der Waals surface area contributed by atoms with E-state index < -0.39 is 36.3 Å². The van der Waals surface area contributed by atoms with Gasteiger partial charge in [0.05, 0.1) is 41.8 Å². The molecule has 2 saturated heterocycles. The molecule has 2 fully saturated rings. The fraction of sp³-hybridized carbons (Fsp3) is 0.455. The number of amides is 1. The van der Waals surface area contributed by atoms with Gasteiger partial charge in [0.15, 0.2) is 11.5 Å². The number of halogens is 5. The average Bonchev–Trinajstić information content (AvgIpc) is 3.47. The molecule has 4 aliphatic heterocycles. The zero-order chi connectivity index (χ0) is 24.5. The van der Waals surface area contributed by atoms with Crippen LogP contribution in [0.4, 0.5) is 22.0 Å². The van der Waals surface area contributed by atoms with Gasteiger partial charge in [-0.1, -0.05) is 0 Å². The van der Waals surface area contributed by atoms with E-state index in [9.17, 15) is 26.7 Å². The van der Waals surface area contributed by atoms with Crippen LogP contribution >= 0.6 is 0 Å². The lowest BCUT2D eigenvalue weighted by Crippen LogP contribution is -2.47. The van der Waals surface area contributed by atoms with Crippen LogP contribution in [0.1, 0.15) is 18.5 Å². The number of ether oxygens (including phenoxy) is 1. The van der Waals surface area contributed by atoms with Crippen LogP contribution in [0.2, 0.25) is 0 Å². The molecule has 4 atom stereocenters. The third kappa shape index (κ3) is 3.87. The first-order chi connectivity index (χ1) is 16.7. The number of nitrogens with zero attached hydrogens (tertiary/aromatic N) is 6. The maximum absolute atomic E-state index is 14.1. The summed E-state index contributed by atoms with van der Waals surface area (Å²) in [4.78, 5) is 22.9. The molecule has 1 amide bonds. The normalized spacial score (nSPS) is 27.9. The van der Waals surface area contributed by atoms with Gasteiger partial charge in [-0.05, 0) is 18.9 Å². The minimum absolute atomic E-state index is 0.0337.